The molecule has 0 aromatic carbocycles. The standard InChI is InChI=1S/C14H26O5/c1-13(2,3)7-8(15)9(16)11(14(4,5)6)19-10(7)12(17)18/h7-11,15-16H,1-6H3,(H,17,18)/p-1/t7-,8-,9?,10?,11-/m1/s1. The van der Waals surface area contributed by atoms with Gasteiger partial charge in [-0.1, -0.05) is 41.5 Å². The van der Waals surface area contributed by atoms with Gasteiger partial charge in [-0.15, -0.1) is 0 Å². The van der Waals surface area contributed by atoms with Gasteiger partial charge in [-0.25, -0.2) is 0 Å². The second-order valence-electron chi connectivity index (χ2n) is 7.54. The van der Waals surface area contributed by atoms with Crippen molar-refractivity contribution in [3.8, 4) is 0 Å². The predicted molar refractivity (Wildman–Crippen MR) is 68.1 cm³/mol. The Labute approximate surface area is 114 Å². The zero-order valence-corrected chi connectivity index (χ0v) is 12.5. The molecule has 19 heavy (non-hydrogen) atoms. The zero-order chi connectivity index (χ0) is 15.2. The van der Waals surface area contributed by atoms with Crippen LogP contribution in [-0.2, 0) is 9.53 Å². The molecule has 1 aliphatic rings. The van der Waals surface area contributed by atoms with Crippen LogP contribution < -0.4 is 5.11 Å². The van der Waals surface area contributed by atoms with Crippen LogP contribution in [0.3, 0.4) is 0 Å². The number of carboxylic acid groups (broad SMARTS) is 1. The van der Waals surface area contributed by atoms with Crippen LogP contribution in [-0.4, -0.2) is 40.6 Å². The lowest BCUT2D eigenvalue weighted by molar-refractivity contribution is -0.337. The summed E-state index contributed by atoms with van der Waals surface area (Å²) in [5.74, 6) is -2.06. The summed E-state index contributed by atoms with van der Waals surface area (Å²) in [6.07, 6.45) is -4.23. The predicted octanol–water partition coefficient (Wildman–Crippen LogP) is -0.0661. The SMILES string of the molecule is CC(C)(C)[C@@H]1OC(C(=O)[O-])[C@H](C(C)(C)C)[C@@H](O)C1O. The van der Waals surface area contributed by atoms with Crippen molar-refractivity contribution in [2.24, 2.45) is 16.7 Å². The molecular formula is C14H25O5-. The van der Waals surface area contributed by atoms with Crippen LogP contribution in [0.4, 0.5) is 0 Å². The third kappa shape index (κ3) is 3.27. The van der Waals surface area contributed by atoms with E-state index in [1.807, 2.05) is 41.5 Å². The van der Waals surface area contributed by atoms with Gasteiger partial charge in [-0.2, -0.15) is 0 Å². The maximum Gasteiger partial charge on any atom is 0.107 e. The average Bonchev–Trinajstić information content (AvgIpc) is 2.17. The van der Waals surface area contributed by atoms with Crippen LogP contribution in [0.1, 0.15) is 41.5 Å². The highest BCUT2D eigenvalue weighted by Gasteiger charge is 2.52. The molecule has 0 saturated carbocycles. The van der Waals surface area contributed by atoms with Crippen molar-refractivity contribution in [1.82, 2.24) is 0 Å². The minimum atomic E-state index is -1.35. The van der Waals surface area contributed by atoms with Crippen LogP contribution in [0.25, 0.3) is 0 Å². The minimum Gasteiger partial charge on any atom is -0.547 e. The molecule has 2 N–H and O–H groups in total. The first-order valence-corrected chi connectivity index (χ1v) is 6.60. The Morgan fingerprint density at radius 3 is 1.79 bits per heavy atom. The third-order valence-electron chi connectivity index (χ3n) is 3.73. The number of hydrogen-bond acceptors (Lipinski definition) is 5. The summed E-state index contributed by atoms with van der Waals surface area (Å²) in [7, 11) is 0. The molecule has 5 atom stereocenters. The number of aliphatic carboxylic acids is 1. The molecule has 112 valence electrons. The summed E-state index contributed by atoms with van der Waals surface area (Å²) in [6.45, 7) is 10.9. The molecule has 0 bridgehead atoms. The van der Waals surface area contributed by atoms with Crippen LogP contribution in [0.15, 0.2) is 0 Å². The molecule has 0 aromatic rings. The number of carbonyl (C=O) groups is 1. The van der Waals surface area contributed by atoms with Crippen LogP contribution in [0.5, 0.6) is 0 Å². The Bertz CT molecular complexity index is 339. The molecule has 1 saturated heterocycles. The summed E-state index contributed by atoms with van der Waals surface area (Å²) in [6, 6.07) is 0. The summed E-state index contributed by atoms with van der Waals surface area (Å²) in [5, 5.41) is 31.8. The molecule has 0 aliphatic carbocycles. The van der Waals surface area contributed by atoms with E-state index >= 15 is 0 Å². The largest absolute Gasteiger partial charge is 0.547 e. The summed E-state index contributed by atoms with van der Waals surface area (Å²) in [4.78, 5) is 11.3. The van der Waals surface area contributed by atoms with E-state index < -0.39 is 47.1 Å². The highest BCUT2D eigenvalue weighted by atomic mass is 16.5. The molecule has 1 heterocycles. The van der Waals surface area contributed by atoms with E-state index in [4.69, 9.17) is 4.74 Å². The van der Waals surface area contributed by atoms with E-state index in [1.54, 1.807) is 0 Å². The van der Waals surface area contributed by atoms with Gasteiger partial charge in [0.05, 0.1) is 18.2 Å². The van der Waals surface area contributed by atoms with Crippen LogP contribution in [0.2, 0.25) is 0 Å². The lowest BCUT2D eigenvalue weighted by Crippen LogP contribution is -2.64. The lowest BCUT2D eigenvalue weighted by Gasteiger charge is -2.51. The van der Waals surface area contributed by atoms with Crippen molar-refractivity contribution in [2.45, 2.75) is 66.0 Å². The van der Waals surface area contributed by atoms with Crippen molar-refractivity contribution in [3.05, 3.63) is 0 Å². The number of aliphatic hydroxyl groups is 2. The van der Waals surface area contributed by atoms with E-state index in [9.17, 15) is 20.1 Å². The molecule has 5 heteroatoms. The van der Waals surface area contributed by atoms with E-state index in [0.29, 0.717) is 0 Å². The minimum absolute atomic E-state index is 0.475. The fraction of sp³-hybridized carbons (Fsp3) is 0.929. The Morgan fingerprint density at radius 1 is 1.00 bits per heavy atom. The second kappa shape index (κ2) is 5.04. The Kier molecular flexibility index (Phi) is 4.35. The number of rotatable bonds is 1. The molecule has 1 aliphatic heterocycles. The van der Waals surface area contributed by atoms with E-state index in [1.165, 1.54) is 0 Å². The van der Waals surface area contributed by atoms with Crippen molar-refractivity contribution in [1.29, 1.82) is 0 Å². The van der Waals surface area contributed by atoms with Gasteiger partial charge in [-0.05, 0) is 10.8 Å². The Balaban J connectivity index is 3.15. The van der Waals surface area contributed by atoms with Crippen LogP contribution in [0, 0.1) is 16.7 Å². The Morgan fingerprint density at radius 2 is 1.47 bits per heavy atom. The molecule has 5 nitrogen and oxygen atoms in total. The summed E-state index contributed by atoms with van der Waals surface area (Å²) in [5.41, 5.74) is -0.995. The molecule has 1 fully saturated rings. The van der Waals surface area contributed by atoms with Gasteiger partial charge < -0.3 is 24.9 Å². The van der Waals surface area contributed by atoms with E-state index in [2.05, 4.69) is 0 Å². The van der Waals surface area contributed by atoms with Crippen molar-refractivity contribution >= 4 is 5.97 Å². The first-order valence-electron chi connectivity index (χ1n) is 6.60. The highest BCUT2D eigenvalue weighted by molar-refractivity contribution is 5.71. The molecule has 0 aromatic heterocycles. The number of carboxylic acids is 1. The topological polar surface area (TPSA) is 89.8 Å². The maximum atomic E-state index is 11.3. The van der Waals surface area contributed by atoms with Crippen molar-refractivity contribution < 1.29 is 24.9 Å². The van der Waals surface area contributed by atoms with Gasteiger partial charge in [0.2, 0.25) is 0 Å². The molecule has 2 unspecified atom stereocenters. The molecular weight excluding hydrogens is 248 g/mol. The quantitative estimate of drug-likeness (QED) is 0.698. The second-order valence-corrected chi connectivity index (χ2v) is 7.54. The normalized spacial score (nSPS) is 37.2. The molecule has 0 amide bonds. The number of aliphatic hydroxyl groups excluding tert-OH is 2. The molecule has 0 spiro atoms. The fourth-order valence-corrected chi connectivity index (χ4v) is 2.78. The number of ether oxygens (including phenoxy) is 1. The van der Waals surface area contributed by atoms with Gasteiger partial charge in [0.25, 0.3) is 0 Å². The van der Waals surface area contributed by atoms with Crippen LogP contribution >= 0.6 is 0 Å². The zero-order valence-electron chi connectivity index (χ0n) is 12.5. The summed E-state index contributed by atoms with van der Waals surface area (Å²) < 4.78 is 5.56. The number of carbonyl (C=O) groups excluding carboxylic acids is 1. The van der Waals surface area contributed by atoms with Gasteiger partial charge in [0.15, 0.2) is 0 Å². The van der Waals surface area contributed by atoms with Gasteiger partial charge in [0.1, 0.15) is 12.2 Å². The van der Waals surface area contributed by atoms with Gasteiger partial charge >= 0.3 is 0 Å². The monoisotopic (exact) mass is 273 g/mol. The van der Waals surface area contributed by atoms with Crippen molar-refractivity contribution in [2.75, 3.05) is 0 Å². The average molecular weight is 273 g/mol. The molecule has 1 rings (SSSR count). The Hall–Kier alpha value is -0.650. The van der Waals surface area contributed by atoms with Crippen molar-refractivity contribution in [3.63, 3.8) is 0 Å². The van der Waals surface area contributed by atoms with Gasteiger partial charge in [0, 0.05) is 5.92 Å². The number of hydrogen-bond donors (Lipinski definition) is 2. The van der Waals surface area contributed by atoms with Gasteiger partial charge in [-0.3, -0.25) is 0 Å². The molecule has 0 radical (unpaired) electrons. The lowest BCUT2D eigenvalue weighted by atomic mass is 9.68. The third-order valence-corrected chi connectivity index (χ3v) is 3.73. The first kappa shape index (κ1) is 16.4. The highest BCUT2D eigenvalue weighted by Crippen LogP contribution is 2.42. The van der Waals surface area contributed by atoms with E-state index in [-0.39, 0.29) is 0 Å². The maximum absolute atomic E-state index is 11.3. The fourth-order valence-electron chi connectivity index (χ4n) is 2.78. The smallest absolute Gasteiger partial charge is 0.107 e. The first-order chi connectivity index (χ1) is 8.37. The summed E-state index contributed by atoms with van der Waals surface area (Å²) >= 11 is 0. The van der Waals surface area contributed by atoms with E-state index in [0.717, 1.165) is 0 Å².